The average molecular weight is 208 g/mol. The van der Waals surface area contributed by atoms with Gasteiger partial charge in [-0.05, 0) is 30.2 Å². The monoisotopic (exact) mass is 208 g/mol. The molecule has 2 heterocycles. The van der Waals surface area contributed by atoms with E-state index < -0.39 is 0 Å². The summed E-state index contributed by atoms with van der Waals surface area (Å²) in [6, 6.07) is 13.0. The van der Waals surface area contributed by atoms with E-state index in [1.54, 1.807) is 0 Å². The fourth-order valence-electron chi connectivity index (χ4n) is 2.65. The largest absolute Gasteiger partial charge is 0.384 e. The van der Waals surface area contributed by atoms with Crippen molar-refractivity contribution in [3.05, 3.63) is 42.0 Å². The Balaban J connectivity index is 2.19. The van der Waals surface area contributed by atoms with Crippen molar-refractivity contribution in [1.29, 1.82) is 0 Å². The first kappa shape index (κ1) is 8.22. The van der Waals surface area contributed by atoms with E-state index >= 15 is 0 Å². The molecule has 0 atom stereocenters. The second kappa shape index (κ2) is 2.79. The van der Waals surface area contributed by atoms with Gasteiger partial charge < -0.3 is 10.3 Å². The van der Waals surface area contributed by atoms with Gasteiger partial charge >= 0.3 is 0 Å². The molecule has 1 aromatic heterocycles. The first-order valence-corrected chi connectivity index (χ1v) is 5.69. The lowest BCUT2D eigenvalue weighted by atomic mass is 10.1. The van der Waals surface area contributed by atoms with Crippen molar-refractivity contribution in [3.8, 4) is 0 Å². The summed E-state index contributed by atoms with van der Waals surface area (Å²) in [4.78, 5) is 3.48. The molecule has 0 spiro atoms. The van der Waals surface area contributed by atoms with E-state index in [4.69, 9.17) is 0 Å². The minimum atomic E-state index is 1.07. The van der Waals surface area contributed by atoms with Crippen molar-refractivity contribution in [2.75, 3.05) is 11.9 Å². The Hall–Kier alpha value is -1.96. The zero-order chi connectivity index (χ0) is 10.5. The van der Waals surface area contributed by atoms with Crippen molar-refractivity contribution in [1.82, 2.24) is 4.98 Å². The Labute approximate surface area is 93.3 Å². The number of anilines is 1. The highest BCUT2D eigenvalue weighted by Gasteiger charge is 2.13. The lowest BCUT2D eigenvalue weighted by Crippen LogP contribution is -1.90. The van der Waals surface area contributed by atoms with Crippen LogP contribution in [-0.2, 0) is 6.42 Å². The number of rotatable bonds is 0. The second-order valence-electron chi connectivity index (χ2n) is 4.40. The number of fused-ring (bicyclic) bond motifs is 4. The highest BCUT2D eigenvalue weighted by atomic mass is 14.9. The number of aromatic amines is 1. The number of hydrogen-bond acceptors (Lipinski definition) is 1. The van der Waals surface area contributed by atoms with Crippen LogP contribution in [0.3, 0.4) is 0 Å². The molecule has 78 valence electrons. The third-order valence-corrected chi connectivity index (χ3v) is 3.44. The van der Waals surface area contributed by atoms with Gasteiger partial charge in [-0.15, -0.1) is 0 Å². The van der Waals surface area contributed by atoms with Crippen LogP contribution in [0, 0.1) is 0 Å². The number of para-hydroxylation sites is 1. The van der Waals surface area contributed by atoms with Crippen LogP contribution in [0.25, 0.3) is 21.8 Å². The summed E-state index contributed by atoms with van der Waals surface area (Å²) in [5, 5.41) is 6.07. The Kier molecular flexibility index (Phi) is 1.43. The van der Waals surface area contributed by atoms with Gasteiger partial charge in [0.25, 0.3) is 0 Å². The van der Waals surface area contributed by atoms with Gasteiger partial charge in [-0.25, -0.2) is 0 Å². The van der Waals surface area contributed by atoms with E-state index in [1.165, 1.54) is 33.1 Å². The van der Waals surface area contributed by atoms with Gasteiger partial charge in [0, 0.05) is 34.0 Å². The van der Waals surface area contributed by atoms with E-state index in [2.05, 4.69) is 46.7 Å². The summed E-state index contributed by atoms with van der Waals surface area (Å²) in [5.74, 6) is 0. The molecule has 0 fully saturated rings. The molecule has 0 unspecified atom stereocenters. The first-order chi connectivity index (χ1) is 7.92. The standard InChI is InChI=1S/C14H12N2/c1-2-4-12-10(3-1)11-8-13-9(5-6-15-13)7-14(11)16-12/h1-4,7-8,15-16H,5-6H2. The van der Waals surface area contributed by atoms with Crippen LogP contribution in [0.1, 0.15) is 5.56 Å². The van der Waals surface area contributed by atoms with Crippen molar-refractivity contribution < 1.29 is 0 Å². The van der Waals surface area contributed by atoms with Crippen molar-refractivity contribution >= 4 is 27.5 Å². The zero-order valence-corrected chi connectivity index (χ0v) is 8.88. The van der Waals surface area contributed by atoms with E-state index in [1.807, 2.05) is 0 Å². The van der Waals surface area contributed by atoms with Gasteiger partial charge in [-0.2, -0.15) is 0 Å². The predicted octanol–water partition coefficient (Wildman–Crippen LogP) is 3.29. The smallest absolute Gasteiger partial charge is 0.0469 e. The third kappa shape index (κ3) is 0.963. The highest BCUT2D eigenvalue weighted by Crippen LogP contribution is 2.32. The van der Waals surface area contributed by atoms with Crippen molar-refractivity contribution in [2.45, 2.75) is 6.42 Å². The van der Waals surface area contributed by atoms with Gasteiger partial charge in [0.1, 0.15) is 0 Å². The average Bonchev–Trinajstić information content (AvgIpc) is 2.88. The molecular weight excluding hydrogens is 196 g/mol. The fourth-order valence-corrected chi connectivity index (χ4v) is 2.65. The molecule has 0 radical (unpaired) electrons. The number of hydrogen-bond donors (Lipinski definition) is 2. The Morgan fingerprint density at radius 2 is 1.88 bits per heavy atom. The summed E-state index contributed by atoms with van der Waals surface area (Å²) in [7, 11) is 0. The molecule has 0 aliphatic carbocycles. The number of nitrogens with one attached hydrogen (secondary N) is 2. The summed E-state index contributed by atoms with van der Waals surface area (Å²) < 4.78 is 0. The second-order valence-corrected chi connectivity index (χ2v) is 4.40. The van der Waals surface area contributed by atoms with E-state index in [-0.39, 0.29) is 0 Å². The quantitative estimate of drug-likeness (QED) is 0.583. The molecule has 4 rings (SSSR count). The van der Waals surface area contributed by atoms with Gasteiger partial charge in [0.2, 0.25) is 0 Å². The number of H-pyrrole nitrogens is 1. The van der Waals surface area contributed by atoms with Crippen molar-refractivity contribution in [3.63, 3.8) is 0 Å². The molecule has 16 heavy (non-hydrogen) atoms. The summed E-state index contributed by atoms with van der Waals surface area (Å²) in [5.41, 5.74) is 5.21. The van der Waals surface area contributed by atoms with Crippen LogP contribution in [0.4, 0.5) is 5.69 Å². The molecular formula is C14H12N2. The minimum absolute atomic E-state index is 1.07. The maximum Gasteiger partial charge on any atom is 0.0469 e. The maximum absolute atomic E-state index is 3.48. The Bertz CT molecular complexity index is 694. The summed E-state index contributed by atoms with van der Waals surface area (Å²) in [6.45, 7) is 1.07. The molecule has 2 N–H and O–H groups in total. The zero-order valence-electron chi connectivity index (χ0n) is 8.88. The van der Waals surface area contributed by atoms with Crippen LogP contribution in [0.2, 0.25) is 0 Å². The molecule has 0 bridgehead atoms. The normalized spacial score (nSPS) is 14.2. The van der Waals surface area contributed by atoms with Gasteiger partial charge in [0.05, 0.1) is 0 Å². The Morgan fingerprint density at radius 1 is 0.938 bits per heavy atom. The minimum Gasteiger partial charge on any atom is -0.384 e. The lowest BCUT2D eigenvalue weighted by Gasteiger charge is -1.99. The predicted molar refractivity (Wildman–Crippen MR) is 68.0 cm³/mol. The molecule has 2 heteroatoms. The van der Waals surface area contributed by atoms with Crippen LogP contribution >= 0.6 is 0 Å². The molecule has 1 aliphatic rings. The van der Waals surface area contributed by atoms with E-state index in [0.717, 1.165) is 13.0 Å². The van der Waals surface area contributed by atoms with Crippen molar-refractivity contribution in [2.24, 2.45) is 0 Å². The number of benzene rings is 2. The number of aromatic nitrogens is 1. The van der Waals surface area contributed by atoms with Crippen LogP contribution in [0.15, 0.2) is 36.4 Å². The molecule has 0 saturated heterocycles. The van der Waals surface area contributed by atoms with Crippen LogP contribution in [-0.4, -0.2) is 11.5 Å². The molecule has 2 nitrogen and oxygen atoms in total. The third-order valence-electron chi connectivity index (χ3n) is 3.44. The molecule has 2 aromatic carbocycles. The molecule has 0 amide bonds. The van der Waals surface area contributed by atoms with Crippen LogP contribution in [0.5, 0.6) is 0 Å². The Morgan fingerprint density at radius 3 is 2.88 bits per heavy atom. The molecule has 3 aromatic rings. The maximum atomic E-state index is 3.48. The summed E-state index contributed by atoms with van der Waals surface area (Å²) >= 11 is 0. The first-order valence-electron chi connectivity index (χ1n) is 5.69. The van der Waals surface area contributed by atoms with Gasteiger partial charge in [-0.3, -0.25) is 0 Å². The molecule has 1 aliphatic heterocycles. The topological polar surface area (TPSA) is 27.8 Å². The van der Waals surface area contributed by atoms with Gasteiger partial charge in [-0.1, -0.05) is 18.2 Å². The highest BCUT2D eigenvalue weighted by molar-refractivity contribution is 6.08. The SMILES string of the molecule is c1ccc2c(c1)[nH]c1cc3c(cc12)NCC3. The van der Waals surface area contributed by atoms with Crippen LogP contribution < -0.4 is 5.32 Å². The fraction of sp³-hybridized carbons (Fsp3) is 0.143. The summed E-state index contributed by atoms with van der Waals surface area (Å²) in [6.07, 6.45) is 1.14. The lowest BCUT2D eigenvalue weighted by molar-refractivity contribution is 1.11. The van der Waals surface area contributed by atoms with Gasteiger partial charge in [0.15, 0.2) is 0 Å². The van der Waals surface area contributed by atoms with E-state index in [9.17, 15) is 0 Å². The van der Waals surface area contributed by atoms with E-state index in [0.29, 0.717) is 0 Å². The molecule has 0 saturated carbocycles.